The lowest BCUT2D eigenvalue weighted by Gasteiger charge is -2.65. The van der Waals surface area contributed by atoms with Gasteiger partial charge in [0.25, 0.3) is 0 Å². The van der Waals surface area contributed by atoms with Crippen LogP contribution in [0.4, 0.5) is 0 Å². The van der Waals surface area contributed by atoms with Gasteiger partial charge in [0.2, 0.25) is 0 Å². The highest BCUT2D eigenvalue weighted by molar-refractivity contribution is 5.14. The van der Waals surface area contributed by atoms with E-state index >= 15 is 0 Å². The molecule has 3 unspecified atom stereocenters. The summed E-state index contributed by atoms with van der Waals surface area (Å²) >= 11 is 0. The first kappa shape index (κ1) is 12.6. The van der Waals surface area contributed by atoms with E-state index in [0.717, 1.165) is 19.1 Å². The highest BCUT2D eigenvalue weighted by Gasteiger charge is 2.59. The number of nitrogens with one attached hydrogen (secondary N) is 1. The third-order valence-corrected chi connectivity index (χ3v) is 6.35. The number of rotatable bonds is 3. The molecule has 108 valence electrons. The van der Waals surface area contributed by atoms with Gasteiger partial charge in [-0.15, -0.1) is 0 Å². The summed E-state index contributed by atoms with van der Waals surface area (Å²) in [5.74, 6) is 0.989. The molecule has 4 saturated carbocycles. The Morgan fingerprint density at radius 1 is 1.05 bits per heavy atom. The van der Waals surface area contributed by atoms with E-state index in [1.807, 2.05) is 0 Å². The summed E-state index contributed by atoms with van der Waals surface area (Å²) in [4.78, 5) is 0. The molecular formula is C17H29NO. The number of ether oxygens (including phenoxy) is 1. The van der Waals surface area contributed by atoms with Gasteiger partial charge in [0.1, 0.15) is 0 Å². The van der Waals surface area contributed by atoms with Crippen LogP contribution in [-0.2, 0) is 4.74 Å². The van der Waals surface area contributed by atoms with Crippen molar-refractivity contribution in [3.05, 3.63) is 0 Å². The fourth-order valence-electron chi connectivity index (χ4n) is 6.78. The van der Waals surface area contributed by atoms with Gasteiger partial charge in [-0.1, -0.05) is 13.8 Å². The molecule has 4 aliphatic carbocycles. The minimum atomic E-state index is 0.453. The van der Waals surface area contributed by atoms with Crippen LogP contribution in [0.25, 0.3) is 0 Å². The lowest BCUT2D eigenvalue weighted by molar-refractivity contribution is -0.119. The summed E-state index contributed by atoms with van der Waals surface area (Å²) in [6.45, 7) is 7.19. The predicted molar refractivity (Wildman–Crippen MR) is 77.1 cm³/mol. The topological polar surface area (TPSA) is 21.3 Å². The molecule has 2 heteroatoms. The van der Waals surface area contributed by atoms with Crippen LogP contribution in [-0.4, -0.2) is 24.8 Å². The summed E-state index contributed by atoms with van der Waals surface area (Å²) in [5.41, 5.74) is 1.70. The summed E-state index contributed by atoms with van der Waals surface area (Å²) in [5, 5.41) is 3.99. The van der Waals surface area contributed by atoms with Gasteiger partial charge in [0, 0.05) is 18.7 Å². The van der Waals surface area contributed by atoms with E-state index in [-0.39, 0.29) is 0 Å². The van der Waals surface area contributed by atoms with Crippen LogP contribution in [0.2, 0.25) is 0 Å². The summed E-state index contributed by atoms with van der Waals surface area (Å²) in [6, 6.07) is 0. The maximum absolute atomic E-state index is 5.80. The van der Waals surface area contributed by atoms with Crippen LogP contribution in [0, 0.1) is 16.7 Å². The van der Waals surface area contributed by atoms with Crippen LogP contribution in [0.15, 0.2) is 0 Å². The van der Waals surface area contributed by atoms with Gasteiger partial charge >= 0.3 is 0 Å². The first-order valence-electron chi connectivity index (χ1n) is 8.35. The molecule has 5 aliphatic rings. The van der Waals surface area contributed by atoms with Crippen molar-refractivity contribution in [1.82, 2.24) is 5.32 Å². The van der Waals surface area contributed by atoms with E-state index < -0.39 is 0 Å². The lowest BCUT2D eigenvalue weighted by Crippen LogP contribution is -2.64. The fraction of sp³-hybridized carbons (Fsp3) is 1.00. The fourth-order valence-corrected chi connectivity index (χ4v) is 6.78. The van der Waals surface area contributed by atoms with Crippen molar-refractivity contribution in [1.29, 1.82) is 0 Å². The number of hydrogen-bond donors (Lipinski definition) is 1. The second-order valence-corrected chi connectivity index (χ2v) is 8.93. The molecule has 4 bridgehead atoms. The largest absolute Gasteiger partial charge is 0.377 e. The van der Waals surface area contributed by atoms with E-state index in [1.165, 1.54) is 51.4 Å². The third-order valence-electron chi connectivity index (χ3n) is 6.35. The van der Waals surface area contributed by atoms with Gasteiger partial charge in [-0.05, 0) is 68.1 Å². The van der Waals surface area contributed by atoms with Gasteiger partial charge in [-0.3, -0.25) is 0 Å². The standard InChI is InChI=1S/C17H29NO/c1-15-6-13-7-16(2,10-15)12-17(8-13,11-15)18-9-14-4-3-5-19-14/h13-14,18H,3-12H2,1-2H3. The predicted octanol–water partition coefficient (Wildman–Crippen LogP) is 3.50. The van der Waals surface area contributed by atoms with E-state index in [4.69, 9.17) is 4.74 Å². The van der Waals surface area contributed by atoms with Gasteiger partial charge in [-0.2, -0.15) is 0 Å². The van der Waals surface area contributed by atoms with Crippen molar-refractivity contribution >= 4 is 0 Å². The van der Waals surface area contributed by atoms with Crippen molar-refractivity contribution in [3.63, 3.8) is 0 Å². The lowest BCUT2D eigenvalue weighted by atomic mass is 9.43. The average Bonchev–Trinajstić information content (AvgIpc) is 2.73. The first-order valence-corrected chi connectivity index (χ1v) is 8.35. The molecule has 5 rings (SSSR count). The second kappa shape index (κ2) is 3.98. The zero-order chi connectivity index (χ0) is 13.1. The highest BCUT2D eigenvalue weighted by Crippen LogP contribution is 2.66. The molecule has 1 aliphatic heterocycles. The molecule has 19 heavy (non-hydrogen) atoms. The molecule has 5 fully saturated rings. The molecule has 1 N–H and O–H groups in total. The zero-order valence-corrected chi connectivity index (χ0v) is 12.6. The van der Waals surface area contributed by atoms with Crippen molar-refractivity contribution in [2.75, 3.05) is 13.2 Å². The quantitative estimate of drug-likeness (QED) is 0.841. The van der Waals surface area contributed by atoms with E-state index in [1.54, 1.807) is 0 Å². The number of hydrogen-bond acceptors (Lipinski definition) is 2. The van der Waals surface area contributed by atoms with Crippen LogP contribution in [0.1, 0.15) is 65.2 Å². The maximum atomic E-state index is 5.80. The molecule has 0 spiro atoms. The molecule has 0 amide bonds. The van der Waals surface area contributed by atoms with Crippen LogP contribution < -0.4 is 5.32 Å². The van der Waals surface area contributed by atoms with Crippen LogP contribution in [0.3, 0.4) is 0 Å². The molecule has 1 saturated heterocycles. The Bertz CT molecular complexity index is 355. The molecule has 0 aromatic rings. The molecule has 0 aromatic carbocycles. The Balaban J connectivity index is 1.50. The van der Waals surface area contributed by atoms with Gasteiger partial charge in [0.15, 0.2) is 0 Å². The molecule has 1 heterocycles. The molecule has 0 radical (unpaired) electrons. The van der Waals surface area contributed by atoms with Gasteiger partial charge in [0.05, 0.1) is 6.10 Å². The Kier molecular flexibility index (Phi) is 2.65. The second-order valence-electron chi connectivity index (χ2n) is 8.93. The van der Waals surface area contributed by atoms with Crippen LogP contribution in [0.5, 0.6) is 0 Å². The molecule has 2 nitrogen and oxygen atoms in total. The SMILES string of the molecule is CC12CC3CC(C)(C1)CC(NCC1CCCO1)(C3)C2. The Morgan fingerprint density at radius 3 is 2.37 bits per heavy atom. The highest BCUT2D eigenvalue weighted by atomic mass is 16.5. The van der Waals surface area contributed by atoms with Gasteiger partial charge < -0.3 is 10.1 Å². The maximum Gasteiger partial charge on any atom is 0.0700 e. The third kappa shape index (κ3) is 2.15. The van der Waals surface area contributed by atoms with Crippen molar-refractivity contribution in [3.8, 4) is 0 Å². The summed E-state index contributed by atoms with van der Waals surface area (Å²) < 4.78 is 5.80. The minimum Gasteiger partial charge on any atom is -0.377 e. The minimum absolute atomic E-state index is 0.453. The smallest absolute Gasteiger partial charge is 0.0700 e. The summed E-state index contributed by atoms with van der Waals surface area (Å²) in [7, 11) is 0. The molecular weight excluding hydrogens is 234 g/mol. The Hall–Kier alpha value is -0.0800. The monoisotopic (exact) mass is 263 g/mol. The van der Waals surface area contributed by atoms with E-state index in [0.29, 0.717) is 22.5 Å². The van der Waals surface area contributed by atoms with Crippen molar-refractivity contribution in [2.24, 2.45) is 16.7 Å². The first-order chi connectivity index (χ1) is 8.99. The molecule has 3 atom stereocenters. The Morgan fingerprint density at radius 2 is 1.79 bits per heavy atom. The van der Waals surface area contributed by atoms with E-state index in [2.05, 4.69) is 19.2 Å². The zero-order valence-electron chi connectivity index (χ0n) is 12.6. The van der Waals surface area contributed by atoms with Gasteiger partial charge in [-0.25, -0.2) is 0 Å². The summed E-state index contributed by atoms with van der Waals surface area (Å²) in [6.07, 6.45) is 11.7. The van der Waals surface area contributed by atoms with Crippen molar-refractivity contribution < 1.29 is 4.74 Å². The Labute approximate surface area is 117 Å². The van der Waals surface area contributed by atoms with Crippen LogP contribution >= 0.6 is 0 Å². The van der Waals surface area contributed by atoms with E-state index in [9.17, 15) is 0 Å². The average molecular weight is 263 g/mol. The molecule has 0 aromatic heterocycles. The van der Waals surface area contributed by atoms with Crippen molar-refractivity contribution in [2.45, 2.75) is 76.9 Å². The normalized spacial score (nSPS) is 55.9.